The van der Waals surface area contributed by atoms with Crippen molar-refractivity contribution >= 4 is 21.6 Å². The van der Waals surface area contributed by atoms with Gasteiger partial charge in [0.05, 0.1) is 11.9 Å². The molecule has 0 aliphatic heterocycles. The van der Waals surface area contributed by atoms with E-state index in [9.17, 15) is 13.2 Å². The number of sulfonamides is 1. The predicted octanol–water partition coefficient (Wildman–Crippen LogP) is 0.326. The molecule has 0 heterocycles. The van der Waals surface area contributed by atoms with E-state index >= 15 is 0 Å². The molecule has 0 unspecified atom stereocenters. The Bertz CT molecular complexity index is 470. The zero-order valence-corrected chi connectivity index (χ0v) is 9.94. The molecular formula is C10H14N2O3S. The number of hydrogen-bond donors (Lipinski definition) is 1. The smallest absolute Gasteiger partial charge is 0.241 e. The van der Waals surface area contributed by atoms with Gasteiger partial charge in [-0.25, -0.2) is 8.42 Å². The number of nitrogens with two attached hydrogens (primary N) is 1. The van der Waals surface area contributed by atoms with E-state index < -0.39 is 22.0 Å². The third kappa shape index (κ3) is 2.73. The fraction of sp³-hybridized carbons (Fsp3) is 0.300. The average molecular weight is 242 g/mol. The molecule has 0 spiro atoms. The molecule has 1 amide bonds. The summed E-state index contributed by atoms with van der Waals surface area (Å²) < 4.78 is 24.2. The molecule has 0 bridgehead atoms. The van der Waals surface area contributed by atoms with E-state index in [1.807, 2.05) is 0 Å². The molecule has 1 rings (SSSR count). The van der Waals surface area contributed by atoms with Gasteiger partial charge in [0.2, 0.25) is 15.9 Å². The molecule has 0 aliphatic rings. The van der Waals surface area contributed by atoms with Crippen LogP contribution in [-0.4, -0.2) is 26.6 Å². The van der Waals surface area contributed by atoms with Gasteiger partial charge in [0, 0.05) is 0 Å². The summed E-state index contributed by atoms with van der Waals surface area (Å²) in [5.41, 5.74) is 5.55. The summed E-state index contributed by atoms with van der Waals surface area (Å²) in [5.74, 6) is -0.686. The number of para-hydroxylation sites is 1. The fourth-order valence-electron chi connectivity index (χ4n) is 1.39. The Morgan fingerprint density at radius 3 is 2.19 bits per heavy atom. The summed E-state index contributed by atoms with van der Waals surface area (Å²) in [6.07, 6.45) is 1.04. The highest BCUT2D eigenvalue weighted by molar-refractivity contribution is 7.92. The molecule has 0 radical (unpaired) electrons. The van der Waals surface area contributed by atoms with Gasteiger partial charge in [0.1, 0.15) is 6.04 Å². The first kappa shape index (κ1) is 12.5. The van der Waals surface area contributed by atoms with Gasteiger partial charge in [-0.05, 0) is 19.1 Å². The first-order chi connectivity index (χ1) is 7.34. The number of amides is 1. The van der Waals surface area contributed by atoms with E-state index in [0.29, 0.717) is 5.69 Å². The maximum Gasteiger partial charge on any atom is 0.241 e. The molecule has 16 heavy (non-hydrogen) atoms. The molecule has 88 valence electrons. The monoisotopic (exact) mass is 242 g/mol. The van der Waals surface area contributed by atoms with Crippen LogP contribution >= 0.6 is 0 Å². The minimum Gasteiger partial charge on any atom is -0.368 e. The summed E-state index contributed by atoms with van der Waals surface area (Å²) in [6, 6.07) is 7.47. The van der Waals surface area contributed by atoms with E-state index in [-0.39, 0.29) is 0 Å². The summed E-state index contributed by atoms with van der Waals surface area (Å²) in [5, 5.41) is 0. The second-order valence-electron chi connectivity index (χ2n) is 3.47. The van der Waals surface area contributed by atoms with Crippen molar-refractivity contribution < 1.29 is 13.2 Å². The largest absolute Gasteiger partial charge is 0.368 e. The van der Waals surface area contributed by atoms with Crippen LogP contribution in [0.2, 0.25) is 0 Å². The van der Waals surface area contributed by atoms with Crippen LogP contribution in [-0.2, 0) is 14.8 Å². The molecule has 6 heteroatoms. The van der Waals surface area contributed by atoms with Crippen molar-refractivity contribution in [2.45, 2.75) is 13.0 Å². The van der Waals surface area contributed by atoms with Gasteiger partial charge < -0.3 is 5.73 Å². The van der Waals surface area contributed by atoms with Gasteiger partial charge in [0.15, 0.2) is 0 Å². The molecule has 0 saturated carbocycles. The topological polar surface area (TPSA) is 80.5 Å². The first-order valence-corrected chi connectivity index (χ1v) is 6.52. The zero-order chi connectivity index (χ0) is 12.3. The molecule has 1 atom stereocenters. The summed E-state index contributed by atoms with van der Waals surface area (Å²) in [7, 11) is -3.53. The minimum absolute atomic E-state index is 0.427. The van der Waals surface area contributed by atoms with Crippen molar-refractivity contribution in [3.63, 3.8) is 0 Å². The Morgan fingerprint density at radius 2 is 1.81 bits per heavy atom. The Morgan fingerprint density at radius 1 is 1.31 bits per heavy atom. The van der Waals surface area contributed by atoms with Crippen molar-refractivity contribution in [2.24, 2.45) is 5.73 Å². The lowest BCUT2D eigenvalue weighted by Crippen LogP contribution is -2.45. The van der Waals surface area contributed by atoms with E-state index in [1.54, 1.807) is 30.3 Å². The number of hydrogen-bond acceptors (Lipinski definition) is 3. The van der Waals surface area contributed by atoms with Crippen molar-refractivity contribution in [3.8, 4) is 0 Å². The number of carbonyl (C=O) groups excluding carboxylic acids is 1. The Labute approximate surface area is 94.9 Å². The summed E-state index contributed by atoms with van der Waals surface area (Å²) in [6.45, 7) is 1.45. The van der Waals surface area contributed by atoms with Crippen molar-refractivity contribution in [1.29, 1.82) is 0 Å². The molecule has 2 N–H and O–H groups in total. The van der Waals surface area contributed by atoms with Crippen LogP contribution in [0.1, 0.15) is 6.92 Å². The SMILES string of the molecule is C[C@@H](C(N)=O)N(c1ccccc1)S(C)(=O)=O. The van der Waals surface area contributed by atoms with Crippen molar-refractivity contribution in [1.82, 2.24) is 0 Å². The van der Waals surface area contributed by atoms with Crippen LogP contribution in [0.5, 0.6) is 0 Å². The lowest BCUT2D eigenvalue weighted by atomic mass is 10.2. The van der Waals surface area contributed by atoms with Crippen molar-refractivity contribution in [2.75, 3.05) is 10.6 Å². The highest BCUT2D eigenvalue weighted by Crippen LogP contribution is 2.19. The lowest BCUT2D eigenvalue weighted by Gasteiger charge is -2.26. The van der Waals surface area contributed by atoms with Gasteiger partial charge in [-0.2, -0.15) is 0 Å². The summed E-state index contributed by atoms with van der Waals surface area (Å²) in [4.78, 5) is 11.1. The van der Waals surface area contributed by atoms with Crippen LogP contribution in [0.25, 0.3) is 0 Å². The standard InChI is InChI=1S/C10H14N2O3S/c1-8(10(11)13)12(16(2,14)15)9-6-4-3-5-7-9/h3-8H,1-2H3,(H2,11,13)/t8-/m0/s1. The van der Waals surface area contributed by atoms with Crippen LogP contribution < -0.4 is 10.0 Å². The Hall–Kier alpha value is -1.56. The van der Waals surface area contributed by atoms with E-state index in [0.717, 1.165) is 10.6 Å². The number of anilines is 1. The minimum atomic E-state index is -3.53. The number of benzene rings is 1. The fourth-order valence-corrected chi connectivity index (χ4v) is 2.58. The number of rotatable bonds is 4. The third-order valence-electron chi connectivity index (χ3n) is 2.13. The maximum atomic E-state index is 11.6. The summed E-state index contributed by atoms with van der Waals surface area (Å²) >= 11 is 0. The van der Waals surface area contributed by atoms with Gasteiger partial charge >= 0.3 is 0 Å². The van der Waals surface area contributed by atoms with E-state index in [1.165, 1.54) is 6.92 Å². The predicted molar refractivity (Wildman–Crippen MR) is 62.4 cm³/mol. The quantitative estimate of drug-likeness (QED) is 0.826. The molecule has 0 saturated heterocycles. The number of primary amides is 1. The molecule has 0 fully saturated rings. The van der Waals surface area contributed by atoms with Gasteiger partial charge in [0.25, 0.3) is 0 Å². The normalized spacial score (nSPS) is 13.1. The van der Waals surface area contributed by atoms with Crippen LogP contribution in [0.4, 0.5) is 5.69 Å². The molecular weight excluding hydrogens is 228 g/mol. The van der Waals surface area contributed by atoms with E-state index in [2.05, 4.69) is 0 Å². The molecule has 1 aromatic carbocycles. The number of carbonyl (C=O) groups is 1. The van der Waals surface area contributed by atoms with Gasteiger partial charge in [-0.3, -0.25) is 9.10 Å². The second kappa shape index (κ2) is 4.52. The highest BCUT2D eigenvalue weighted by atomic mass is 32.2. The van der Waals surface area contributed by atoms with E-state index in [4.69, 9.17) is 5.73 Å². The second-order valence-corrected chi connectivity index (χ2v) is 5.33. The van der Waals surface area contributed by atoms with Crippen molar-refractivity contribution in [3.05, 3.63) is 30.3 Å². The molecule has 0 aromatic heterocycles. The lowest BCUT2D eigenvalue weighted by molar-refractivity contribution is -0.118. The average Bonchev–Trinajstić information content (AvgIpc) is 2.17. The van der Waals surface area contributed by atoms with Crippen LogP contribution in [0, 0.1) is 0 Å². The van der Waals surface area contributed by atoms with Gasteiger partial charge in [-0.1, -0.05) is 18.2 Å². The third-order valence-corrected chi connectivity index (χ3v) is 3.37. The molecule has 1 aromatic rings. The Kier molecular flexibility index (Phi) is 3.54. The first-order valence-electron chi connectivity index (χ1n) is 4.68. The highest BCUT2D eigenvalue weighted by Gasteiger charge is 2.27. The van der Waals surface area contributed by atoms with Gasteiger partial charge in [-0.15, -0.1) is 0 Å². The van der Waals surface area contributed by atoms with Crippen LogP contribution in [0.15, 0.2) is 30.3 Å². The molecule has 5 nitrogen and oxygen atoms in total. The molecule has 0 aliphatic carbocycles. The maximum absolute atomic E-state index is 11.6. The van der Waals surface area contributed by atoms with Crippen LogP contribution in [0.3, 0.4) is 0 Å². The Balaban J connectivity index is 3.23. The zero-order valence-electron chi connectivity index (χ0n) is 9.12. The number of nitrogens with zero attached hydrogens (tertiary/aromatic N) is 1.